The van der Waals surface area contributed by atoms with Crippen LogP contribution in [0.2, 0.25) is 0 Å². The van der Waals surface area contributed by atoms with E-state index >= 15 is 0 Å². The fourth-order valence-corrected chi connectivity index (χ4v) is 2.50. The third kappa shape index (κ3) is 1.73. The van der Waals surface area contributed by atoms with E-state index in [1.807, 2.05) is 24.3 Å². The van der Waals surface area contributed by atoms with Gasteiger partial charge in [0.05, 0.1) is 0 Å². The molecule has 1 heterocycles. The van der Waals surface area contributed by atoms with Crippen LogP contribution in [0.25, 0.3) is 4.91 Å². The molecule has 4 heteroatoms. The molecule has 1 nitrogen and oxygen atoms in total. The summed E-state index contributed by atoms with van der Waals surface area (Å²) in [5.74, 6) is 0. The fraction of sp³-hybridized carbons (Fsp3) is 0. The number of fused-ring (bicyclic) bond motifs is 1. The molecule has 0 radical (unpaired) electrons. The predicted octanol–water partition coefficient (Wildman–Crippen LogP) is 3.67. The lowest BCUT2D eigenvalue weighted by Gasteiger charge is -2.19. The number of benzene rings is 1. The molecule has 1 aromatic carbocycles. The molecule has 0 spiro atoms. The summed E-state index contributed by atoms with van der Waals surface area (Å²) in [5.41, 5.74) is 3.70. The van der Waals surface area contributed by atoms with Gasteiger partial charge in [-0.3, -0.25) is 0 Å². The topological polar surface area (TPSA) is 12.0 Å². The van der Waals surface area contributed by atoms with Crippen LogP contribution in [0.3, 0.4) is 0 Å². The second kappa shape index (κ2) is 3.70. The summed E-state index contributed by atoms with van der Waals surface area (Å²) in [6, 6.07) is 7.96. The zero-order chi connectivity index (χ0) is 9.26. The van der Waals surface area contributed by atoms with E-state index < -0.39 is 0 Å². The molecule has 0 aromatic heterocycles. The van der Waals surface area contributed by atoms with Crippen molar-refractivity contribution in [2.24, 2.45) is 0 Å². The molecule has 0 fully saturated rings. The van der Waals surface area contributed by atoms with Crippen molar-refractivity contribution in [3.05, 3.63) is 35.4 Å². The molecule has 1 aliphatic heterocycles. The quantitative estimate of drug-likeness (QED) is 0.680. The van der Waals surface area contributed by atoms with Crippen molar-refractivity contribution in [3.8, 4) is 0 Å². The largest absolute Gasteiger partial charge is 0.340 e. The van der Waals surface area contributed by atoms with Crippen LogP contribution in [-0.2, 0) is 0 Å². The lowest BCUT2D eigenvalue weighted by Crippen LogP contribution is -2.11. The van der Waals surface area contributed by atoms with Crippen LogP contribution in [0, 0.1) is 0 Å². The number of para-hydroxylation sites is 1. The smallest absolute Gasteiger partial charge is 0.143 e. The second-order valence-electron chi connectivity index (χ2n) is 2.53. The minimum absolute atomic E-state index is 0.741. The number of hydrogen-bond acceptors (Lipinski definition) is 2. The van der Waals surface area contributed by atoms with Crippen LogP contribution in [-0.4, -0.2) is 4.32 Å². The van der Waals surface area contributed by atoms with Gasteiger partial charge in [0.1, 0.15) is 4.32 Å². The number of halogens is 1. The Labute approximate surface area is 91.2 Å². The first-order valence-electron chi connectivity index (χ1n) is 3.70. The number of thioether (sulfide) groups is 1. The second-order valence-corrected chi connectivity index (χ2v) is 4.47. The Hall–Kier alpha value is -0.510. The predicted molar refractivity (Wildman–Crippen MR) is 64.1 cm³/mol. The van der Waals surface area contributed by atoms with Crippen LogP contribution in [0.1, 0.15) is 5.56 Å². The zero-order valence-electron chi connectivity index (χ0n) is 6.58. The molecule has 0 bridgehead atoms. The van der Waals surface area contributed by atoms with Gasteiger partial charge in [-0.25, -0.2) is 0 Å². The van der Waals surface area contributed by atoms with E-state index in [9.17, 15) is 0 Å². The zero-order valence-corrected chi connectivity index (χ0v) is 8.97. The number of rotatable bonds is 0. The van der Waals surface area contributed by atoms with E-state index in [-0.39, 0.29) is 0 Å². The van der Waals surface area contributed by atoms with E-state index in [4.69, 9.17) is 23.8 Å². The van der Waals surface area contributed by atoms with E-state index in [1.54, 1.807) is 5.54 Å². The van der Waals surface area contributed by atoms with Gasteiger partial charge in [0.25, 0.3) is 0 Å². The Morgan fingerprint density at radius 2 is 2.15 bits per heavy atom. The summed E-state index contributed by atoms with van der Waals surface area (Å²) in [5, 5.41) is 3.12. The van der Waals surface area contributed by atoms with Gasteiger partial charge in [-0.2, -0.15) is 0 Å². The number of thiocarbonyl (C=S) groups is 1. The third-order valence-corrected chi connectivity index (χ3v) is 3.28. The summed E-state index contributed by atoms with van der Waals surface area (Å²) in [6.07, 6.45) is 0. The van der Waals surface area contributed by atoms with Gasteiger partial charge < -0.3 is 5.32 Å². The van der Waals surface area contributed by atoms with Gasteiger partial charge in [0.15, 0.2) is 0 Å². The Bertz CT molecular complexity index is 387. The average Bonchev–Trinajstić information content (AvgIpc) is 2.16. The number of nitrogens with one attached hydrogen (secondary N) is 1. The summed E-state index contributed by atoms with van der Waals surface area (Å²) >= 11 is 12.3. The lowest BCUT2D eigenvalue weighted by atomic mass is 10.2. The minimum atomic E-state index is 0.741. The fourth-order valence-electron chi connectivity index (χ4n) is 1.18. The van der Waals surface area contributed by atoms with Gasteiger partial charge >= 0.3 is 0 Å². The van der Waals surface area contributed by atoms with Crippen molar-refractivity contribution in [2.75, 3.05) is 5.32 Å². The molecule has 1 aliphatic rings. The summed E-state index contributed by atoms with van der Waals surface area (Å²) in [4.78, 5) is 1.00. The third-order valence-electron chi connectivity index (χ3n) is 1.73. The first kappa shape index (κ1) is 9.06. The summed E-state index contributed by atoms with van der Waals surface area (Å²) < 4.78 is 0.741. The molecule has 0 aliphatic carbocycles. The molecule has 0 atom stereocenters. The van der Waals surface area contributed by atoms with Crippen molar-refractivity contribution >= 4 is 50.5 Å². The monoisotopic (exact) mass is 227 g/mol. The van der Waals surface area contributed by atoms with E-state index in [0.29, 0.717) is 0 Å². The Morgan fingerprint density at radius 3 is 2.92 bits per heavy atom. The molecule has 2 rings (SSSR count). The molecular formula is C9H6ClNS2. The van der Waals surface area contributed by atoms with Crippen molar-refractivity contribution < 1.29 is 0 Å². The van der Waals surface area contributed by atoms with Crippen molar-refractivity contribution in [1.82, 2.24) is 0 Å². The van der Waals surface area contributed by atoms with E-state index in [1.165, 1.54) is 11.8 Å². The lowest BCUT2D eigenvalue weighted by molar-refractivity contribution is 1.61. The molecule has 66 valence electrons. The molecule has 13 heavy (non-hydrogen) atoms. The van der Waals surface area contributed by atoms with Crippen LogP contribution in [0.15, 0.2) is 29.8 Å². The minimum Gasteiger partial charge on any atom is -0.340 e. The maximum atomic E-state index is 5.70. The average molecular weight is 228 g/mol. The Morgan fingerprint density at radius 1 is 1.38 bits per heavy atom. The molecule has 0 amide bonds. The SMILES string of the molecule is S=C1Nc2ccccc2/C(=C/Cl)S1. The van der Waals surface area contributed by atoms with Crippen molar-refractivity contribution in [3.63, 3.8) is 0 Å². The van der Waals surface area contributed by atoms with Crippen LogP contribution in [0.5, 0.6) is 0 Å². The highest BCUT2D eigenvalue weighted by Crippen LogP contribution is 2.38. The highest BCUT2D eigenvalue weighted by molar-refractivity contribution is 8.29. The summed E-state index contributed by atoms with van der Waals surface area (Å²) in [6.45, 7) is 0. The Kier molecular flexibility index (Phi) is 2.58. The van der Waals surface area contributed by atoms with Crippen LogP contribution >= 0.6 is 35.6 Å². The number of hydrogen-bond donors (Lipinski definition) is 1. The van der Waals surface area contributed by atoms with E-state index in [2.05, 4.69) is 5.32 Å². The first-order valence-corrected chi connectivity index (χ1v) is 5.36. The first-order chi connectivity index (χ1) is 6.31. The van der Waals surface area contributed by atoms with Crippen LogP contribution < -0.4 is 5.32 Å². The van der Waals surface area contributed by atoms with Gasteiger partial charge in [-0.05, 0) is 6.07 Å². The van der Waals surface area contributed by atoms with Gasteiger partial charge in [-0.1, -0.05) is 53.8 Å². The van der Waals surface area contributed by atoms with E-state index in [0.717, 1.165) is 20.5 Å². The van der Waals surface area contributed by atoms with Crippen molar-refractivity contribution in [1.29, 1.82) is 0 Å². The van der Waals surface area contributed by atoms with Gasteiger partial charge in [0.2, 0.25) is 0 Å². The normalized spacial score (nSPS) is 18.2. The maximum Gasteiger partial charge on any atom is 0.143 e. The van der Waals surface area contributed by atoms with Gasteiger partial charge in [0, 0.05) is 21.7 Å². The highest BCUT2D eigenvalue weighted by atomic mass is 35.5. The molecular weight excluding hydrogens is 222 g/mol. The molecule has 0 saturated carbocycles. The molecule has 0 saturated heterocycles. The Balaban J connectivity index is 2.55. The number of anilines is 1. The van der Waals surface area contributed by atoms with Crippen LogP contribution in [0.4, 0.5) is 5.69 Å². The van der Waals surface area contributed by atoms with Gasteiger partial charge in [-0.15, -0.1) is 0 Å². The maximum absolute atomic E-state index is 5.70. The molecule has 1 aromatic rings. The standard InChI is InChI=1S/C9H6ClNS2/c10-5-8-6-3-1-2-4-7(6)11-9(12)13-8/h1-5H,(H,11,12)/b8-5-. The molecule has 0 unspecified atom stereocenters. The highest BCUT2D eigenvalue weighted by Gasteiger charge is 2.16. The summed E-state index contributed by atoms with van der Waals surface area (Å²) in [7, 11) is 0. The molecule has 1 N–H and O–H groups in total. The van der Waals surface area contributed by atoms with Crippen molar-refractivity contribution in [2.45, 2.75) is 0 Å².